The van der Waals surface area contributed by atoms with E-state index in [1.165, 1.54) is 0 Å². The van der Waals surface area contributed by atoms with E-state index in [1.54, 1.807) is 36.7 Å². The third-order valence-electron chi connectivity index (χ3n) is 4.96. The largest absolute Gasteiger partial charge is 0.378 e. The van der Waals surface area contributed by atoms with Gasteiger partial charge in [0, 0.05) is 50.7 Å². The first-order valence-electron chi connectivity index (χ1n) is 10.6. The number of benzene rings is 3. The van der Waals surface area contributed by atoms with Gasteiger partial charge < -0.3 is 9.80 Å². The number of nitrogens with one attached hydrogen (secondary N) is 2. The first kappa shape index (κ1) is 24.2. The zero-order chi connectivity index (χ0) is 24.5. The van der Waals surface area contributed by atoms with E-state index in [-0.39, 0.29) is 11.8 Å². The van der Waals surface area contributed by atoms with Crippen LogP contribution in [0.1, 0.15) is 31.8 Å². The molecule has 2 amide bonds. The van der Waals surface area contributed by atoms with E-state index in [4.69, 9.17) is 0 Å². The number of hydrogen-bond acceptors (Lipinski definition) is 6. The molecule has 174 valence electrons. The second kappa shape index (κ2) is 11.4. The van der Waals surface area contributed by atoms with Crippen LogP contribution in [0.4, 0.5) is 11.4 Å². The Labute approximate surface area is 199 Å². The Morgan fingerprint density at radius 1 is 0.647 bits per heavy atom. The van der Waals surface area contributed by atoms with Gasteiger partial charge in [-0.15, -0.1) is 0 Å². The molecule has 3 aromatic carbocycles. The molecule has 0 heterocycles. The molecule has 34 heavy (non-hydrogen) atoms. The minimum absolute atomic E-state index is 0.291. The summed E-state index contributed by atoms with van der Waals surface area (Å²) in [5.74, 6) is -0.582. The van der Waals surface area contributed by atoms with E-state index >= 15 is 0 Å². The Morgan fingerprint density at radius 2 is 1.03 bits per heavy atom. The van der Waals surface area contributed by atoms with Crippen LogP contribution in [0.2, 0.25) is 0 Å². The van der Waals surface area contributed by atoms with Crippen LogP contribution in [-0.2, 0) is 0 Å². The summed E-state index contributed by atoms with van der Waals surface area (Å²) < 4.78 is 0. The van der Waals surface area contributed by atoms with Gasteiger partial charge in [-0.3, -0.25) is 9.59 Å². The van der Waals surface area contributed by atoms with E-state index in [0.717, 1.165) is 22.5 Å². The molecule has 0 aliphatic rings. The maximum Gasteiger partial charge on any atom is 0.271 e. The summed E-state index contributed by atoms with van der Waals surface area (Å²) in [5.41, 5.74) is 9.67. The first-order valence-corrected chi connectivity index (χ1v) is 10.6. The summed E-state index contributed by atoms with van der Waals surface area (Å²) >= 11 is 0. The minimum Gasteiger partial charge on any atom is -0.378 e. The fourth-order valence-electron chi connectivity index (χ4n) is 3.00. The van der Waals surface area contributed by atoms with Gasteiger partial charge in [0.15, 0.2) is 0 Å². The highest BCUT2D eigenvalue weighted by atomic mass is 16.2. The molecule has 8 nitrogen and oxygen atoms in total. The molecule has 0 fully saturated rings. The molecule has 0 aliphatic carbocycles. The van der Waals surface area contributed by atoms with E-state index in [2.05, 4.69) is 21.1 Å². The Morgan fingerprint density at radius 3 is 1.38 bits per heavy atom. The molecule has 0 unspecified atom stereocenters. The van der Waals surface area contributed by atoms with Crippen molar-refractivity contribution in [3.05, 3.63) is 95.1 Å². The number of hydrogen-bond donors (Lipinski definition) is 2. The molecule has 0 saturated heterocycles. The summed E-state index contributed by atoms with van der Waals surface area (Å²) in [6.07, 6.45) is 3.10. The molecular formula is C26H28N6O2. The molecule has 0 saturated carbocycles. The lowest BCUT2D eigenvalue weighted by molar-refractivity contribution is 0.0947. The Balaban J connectivity index is 1.54. The monoisotopic (exact) mass is 456 g/mol. The van der Waals surface area contributed by atoms with Crippen molar-refractivity contribution in [2.75, 3.05) is 38.0 Å². The van der Waals surface area contributed by atoms with Crippen LogP contribution >= 0.6 is 0 Å². The van der Waals surface area contributed by atoms with Crippen molar-refractivity contribution in [2.45, 2.75) is 0 Å². The van der Waals surface area contributed by atoms with Crippen molar-refractivity contribution in [1.29, 1.82) is 0 Å². The van der Waals surface area contributed by atoms with Crippen molar-refractivity contribution in [3.63, 3.8) is 0 Å². The fraction of sp³-hybridized carbons (Fsp3) is 0.154. The molecule has 0 spiro atoms. The SMILES string of the molecule is CN(C)c1ccc(C(=O)N/N=C/c2cccc(/C=N/NC(=O)c3ccc(N(C)C)cc3)c2)cc1. The van der Waals surface area contributed by atoms with Crippen LogP contribution in [-0.4, -0.2) is 52.4 Å². The number of nitrogens with zero attached hydrogens (tertiary/aromatic N) is 4. The second-order valence-electron chi connectivity index (χ2n) is 7.95. The Bertz CT molecular complexity index is 1090. The third-order valence-corrected chi connectivity index (χ3v) is 4.96. The van der Waals surface area contributed by atoms with Gasteiger partial charge in [-0.2, -0.15) is 10.2 Å². The lowest BCUT2D eigenvalue weighted by atomic mass is 10.1. The number of hydrazone groups is 2. The summed E-state index contributed by atoms with van der Waals surface area (Å²) in [6, 6.07) is 21.9. The van der Waals surface area contributed by atoms with Crippen LogP contribution in [0.3, 0.4) is 0 Å². The van der Waals surface area contributed by atoms with Gasteiger partial charge in [0.2, 0.25) is 0 Å². The predicted octanol–water partition coefficient (Wildman–Crippen LogP) is 3.35. The van der Waals surface area contributed by atoms with Crippen molar-refractivity contribution >= 4 is 35.6 Å². The van der Waals surface area contributed by atoms with Gasteiger partial charge in [-0.1, -0.05) is 18.2 Å². The maximum atomic E-state index is 12.3. The van der Waals surface area contributed by atoms with Gasteiger partial charge >= 0.3 is 0 Å². The fourth-order valence-corrected chi connectivity index (χ4v) is 3.00. The highest BCUT2D eigenvalue weighted by Crippen LogP contribution is 2.13. The van der Waals surface area contributed by atoms with Gasteiger partial charge in [0.05, 0.1) is 12.4 Å². The predicted molar refractivity (Wildman–Crippen MR) is 138 cm³/mol. The molecule has 8 heteroatoms. The highest BCUT2D eigenvalue weighted by molar-refractivity contribution is 5.96. The van der Waals surface area contributed by atoms with E-state index in [9.17, 15) is 9.59 Å². The quantitative estimate of drug-likeness (QED) is 0.402. The molecule has 0 atom stereocenters. The number of rotatable bonds is 8. The summed E-state index contributed by atoms with van der Waals surface area (Å²) in [7, 11) is 7.76. The van der Waals surface area contributed by atoms with Gasteiger partial charge in [-0.05, 0) is 65.7 Å². The van der Waals surface area contributed by atoms with Crippen molar-refractivity contribution in [1.82, 2.24) is 10.9 Å². The van der Waals surface area contributed by atoms with Crippen molar-refractivity contribution in [3.8, 4) is 0 Å². The molecule has 0 aromatic heterocycles. The average Bonchev–Trinajstić information content (AvgIpc) is 2.84. The number of anilines is 2. The zero-order valence-corrected chi connectivity index (χ0v) is 19.7. The van der Waals surface area contributed by atoms with Crippen LogP contribution in [0, 0.1) is 0 Å². The molecular weight excluding hydrogens is 428 g/mol. The standard InChI is InChI=1S/C26H28N6O2/c1-31(2)23-12-8-21(9-13-23)25(33)29-27-17-19-6-5-7-20(16-19)18-28-30-26(34)22-10-14-24(15-11-22)32(3)4/h5-18H,1-4H3,(H,29,33)(H,30,34)/b27-17+,28-18+. The van der Waals surface area contributed by atoms with Crippen LogP contribution in [0.25, 0.3) is 0 Å². The number of amides is 2. The average molecular weight is 457 g/mol. The molecule has 3 aromatic rings. The zero-order valence-electron chi connectivity index (χ0n) is 19.7. The summed E-state index contributed by atoms with van der Waals surface area (Å²) in [5, 5.41) is 8.06. The second-order valence-corrected chi connectivity index (χ2v) is 7.95. The van der Waals surface area contributed by atoms with Gasteiger partial charge in [0.25, 0.3) is 11.8 Å². The summed E-state index contributed by atoms with van der Waals surface area (Å²) in [4.78, 5) is 28.4. The molecule has 3 rings (SSSR count). The summed E-state index contributed by atoms with van der Waals surface area (Å²) in [6.45, 7) is 0. The highest BCUT2D eigenvalue weighted by Gasteiger charge is 2.05. The van der Waals surface area contributed by atoms with Crippen LogP contribution in [0.5, 0.6) is 0 Å². The number of carbonyl (C=O) groups excluding carboxylic acids is 2. The van der Waals surface area contributed by atoms with Crippen LogP contribution in [0.15, 0.2) is 83.0 Å². The molecule has 0 aliphatic heterocycles. The van der Waals surface area contributed by atoms with E-state index in [0.29, 0.717) is 11.1 Å². The minimum atomic E-state index is -0.291. The smallest absolute Gasteiger partial charge is 0.271 e. The lowest BCUT2D eigenvalue weighted by Crippen LogP contribution is -2.18. The Hall–Kier alpha value is -4.46. The first-order chi connectivity index (χ1) is 16.3. The van der Waals surface area contributed by atoms with E-state index in [1.807, 2.05) is 86.5 Å². The third kappa shape index (κ3) is 6.77. The van der Waals surface area contributed by atoms with Crippen molar-refractivity contribution < 1.29 is 9.59 Å². The van der Waals surface area contributed by atoms with Crippen molar-refractivity contribution in [2.24, 2.45) is 10.2 Å². The topological polar surface area (TPSA) is 89.4 Å². The van der Waals surface area contributed by atoms with Gasteiger partial charge in [-0.25, -0.2) is 10.9 Å². The van der Waals surface area contributed by atoms with Crippen LogP contribution < -0.4 is 20.7 Å². The van der Waals surface area contributed by atoms with E-state index < -0.39 is 0 Å². The normalized spacial score (nSPS) is 10.9. The van der Waals surface area contributed by atoms with Gasteiger partial charge in [0.1, 0.15) is 0 Å². The molecule has 0 radical (unpaired) electrons. The lowest BCUT2D eigenvalue weighted by Gasteiger charge is -2.12. The maximum absolute atomic E-state index is 12.3. The Kier molecular flexibility index (Phi) is 8.12. The molecule has 2 N–H and O–H groups in total. The molecule has 0 bridgehead atoms. The number of carbonyl (C=O) groups is 2.